The number of guanidine groups is 1. The summed E-state index contributed by atoms with van der Waals surface area (Å²) in [5, 5.41) is 6.21. The number of rotatable bonds is 6. The minimum Gasteiger partial charge on any atom is -0.383 e. The van der Waals surface area contributed by atoms with E-state index in [0.29, 0.717) is 19.1 Å². The summed E-state index contributed by atoms with van der Waals surface area (Å²) in [5.74, 6) is 0.431. The molecule has 1 unspecified atom stereocenters. The summed E-state index contributed by atoms with van der Waals surface area (Å²) in [4.78, 5) is 8.66. The predicted octanol–water partition coefficient (Wildman–Crippen LogP) is 1.76. The molecule has 0 fully saturated rings. The van der Waals surface area contributed by atoms with Crippen LogP contribution in [0, 0.1) is 0 Å². The lowest BCUT2D eigenvalue weighted by Crippen LogP contribution is -2.40. The second-order valence-corrected chi connectivity index (χ2v) is 4.73. The smallest absolute Gasteiger partial charge is 0.189 e. The van der Waals surface area contributed by atoms with Crippen LogP contribution in [0.15, 0.2) is 10.4 Å². The van der Waals surface area contributed by atoms with Crippen LogP contribution in [0.2, 0.25) is 0 Å². The summed E-state index contributed by atoms with van der Waals surface area (Å²) in [7, 11) is 1.66. The molecule has 0 saturated heterocycles. The summed E-state index contributed by atoms with van der Waals surface area (Å²) in [6, 6.07) is 0.158. The van der Waals surface area contributed by atoms with Crippen LogP contribution >= 0.6 is 35.3 Å². The monoisotopic (exact) mass is 384 g/mol. The fraction of sp³-hybridized carbons (Fsp3) is 0.636. The first kappa shape index (κ1) is 17.6. The number of hydrogen-bond donors (Lipinski definition) is 2. The predicted molar refractivity (Wildman–Crippen MR) is 86.7 cm³/mol. The average Bonchev–Trinajstić information content (AvgIpc) is 2.74. The van der Waals surface area contributed by atoms with Crippen LogP contribution in [0.4, 0.5) is 0 Å². The van der Waals surface area contributed by atoms with E-state index >= 15 is 0 Å². The number of aliphatic imine (C=N–C) groups is 1. The number of hydrogen-bond acceptors (Lipinski definition) is 4. The Hall–Kier alpha value is -0.410. The van der Waals surface area contributed by atoms with E-state index < -0.39 is 0 Å². The molecule has 0 aromatic carbocycles. The van der Waals surface area contributed by atoms with Gasteiger partial charge in [-0.15, -0.1) is 35.3 Å². The van der Waals surface area contributed by atoms with Crippen molar-refractivity contribution in [3.8, 4) is 0 Å². The average molecular weight is 384 g/mol. The number of halogens is 1. The largest absolute Gasteiger partial charge is 0.383 e. The maximum atomic E-state index is 5.75. The Kier molecular flexibility index (Phi) is 9.29. The van der Waals surface area contributed by atoms with Crippen LogP contribution in [0.5, 0.6) is 0 Å². The molecule has 1 rings (SSSR count). The Bertz CT molecular complexity index is 370. The van der Waals surface area contributed by atoms with Gasteiger partial charge in [-0.1, -0.05) is 6.92 Å². The number of nitrogens with two attached hydrogens (primary N) is 1. The zero-order valence-electron chi connectivity index (χ0n) is 11.0. The highest BCUT2D eigenvalue weighted by Gasteiger charge is 2.02. The van der Waals surface area contributed by atoms with E-state index in [9.17, 15) is 0 Å². The summed E-state index contributed by atoms with van der Waals surface area (Å²) < 4.78 is 5.00. The first-order valence-electron chi connectivity index (χ1n) is 5.64. The normalized spacial score (nSPS) is 12.9. The van der Waals surface area contributed by atoms with Gasteiger partial charge in [0.25, 0.3) is 0 Å². The summed E-state index contributed by atoms with van der Waals surface area (Å²) >= 11 is 1.66. The second-order valence-electron chi connectivity index (χ2n) is 3.79. The maximum Gasteiger partial charge on any atom is 0.189 e. The molecule has 0 aliphatic heterocycles. The SMILES string of the molecule is CCc1nc(CN=C(N)NC(C)COC)cs1.I. The maximum absolute atomic E-state index is 5.75. The molecule has 0 bridgehead atoms. The molecule has 3 N–H and O–H groups in total. The van der Waals surface area contributed by atoms with Gasteiger partial charge in [-0.05, 0) is 13.3 Å². The lowest BCUT2D eigenvalue weighted by molar-refractivity contribution is 0.179. The van der Waals surface area contributed by atoms with Gasteiger partial charge in [0.15, 0.2) is 5.96 Å². The van der Waals surface area contributed by atoms with Gasteiger partial charge in [0.1, 0.15) is 0 Å². The third-order valence-electron chi connectivity index (χ3n) is 2.12. The molecular formula is C11H21IN4OS. The molecule has 104 valence electrons. The Balaban J connectivity index is 0.00000289. The van der Waals surface area contributed by atoms with E-state index in [1.165, 1.54) is 0 Å². The molecule has 1 aromatic heterocycles. The van der Waals surface area contributed by atoms with Crippen molar-refractivity contribution in [2.45, 2.75) is 32.9 Å². The number of ether oxygens (including phenoxy) is 1. The highest BCUT2D eigenvalue weighted by molar-refractivity contribution is 14.0. The molecule has 5 nitrogen and oxygen atoms in total. The standard InChI is InChI=1S/C11H20N4OS.HI/c1-4-10-15-9(7-17-10)5-13-11(12)14-8(2)6-16-3;/h7-8H,4-6H2,1-3H3,(H3,12,13,14);1H. The van der Waals surface area contributed by atoms with Crippen LogP contribution in [-0.2, 0) is 17.7 Å². The zero-order chi connectivity index (χ0) is 12.7. The van der Waals surface area contributed by atoms with Crippen molar-refractivity contribution >= 4 is 41.3 Å². The van der Waals surface area contributed by atoms with Gasteiger partial charge in [0, 0.05) is 18.5 Å². The molecule has 0 amide bonds. The summed E-state index contributed by atoms with van der Waals surface area (Å²) in [5.41, 5.74) is 6.72. The van der Waals surface area contributed by atoms with Crippen molar-refractivity contribution in [1.29, 1.82) is 0 Å². The van der Waals surface area contributed by atoms with Crippen molar-refractivity contribution in [3.05, 3.63) is 16.1 Å². The van der Waals surface area contributed by atoms with Crippen LogP contribution in [-0.4, -0.2) is 30.7 Å². The molecule has 0 saturated carbocycles. The highest BCUT2D eigenvalue weighted by atomic mass is 127. The number of methoxy groups -OCH3 is 1. The van der Waals surface area contributed by atoms with Crippen molar-refractivity contribution in [2.24, 2.45) is 10.7 Å². The topological polar surface area (TPSA) is 72.5 Å². The quantitative estimate of drug-likeness (QED) is 0.446. The van der Waals surface area contributed by atoms with Gasteiger partial charge in [-0.3, -0.25) is 0 Å². The van der Waals surface area contributed by atoms with E-state index in [2.05, 4.69) is 22.2 Å². The van der Waals surface area contributed by atoms with Crippen LogP contribution in [0.1, 0.15) is 24.5 Å². The fourth-order valence-corrected chi connectivity index (χ4v) is 2.08. The van der Waals surface area contributed by atoms with E-state index in [1.54, 1.807) is 18.4 Å². The van der Waals surface area contributed by atoms with Gasteiger partial charge in [-0.2, -0.15) is 0 Å². The minimum absolute atomic E-state index is 0. The molecule has 18 heavy (non-hydrogen) atoms. The number of nitrogens with zero attached hydrogens (tertiary/aromatic N) is 2. The van der Waals surface area contributed by atoms with Crippen LogP contribution in [0.25, 0.3) is 0 Å². The van der Waals surface area contributed by atoms with Gasteiger partial charge in [0.05, 0.1) is 23.9 Å². The first-order valence-corrected chi connectivity index (χ1v) is 6.52. The molecule has 7 heteroatoms. The minimum atomic E-state index is 0. The van der Waals surface area contributed by atoms with E-state index in [4.69, 9.17) is 10.5 Å². The van der Waals surface area contributed by atoms with Crippen molar-refractivity contribution in [1.82, 2.24) is 10.3 Å². The van der Waals surface area contributed by atoms with Gasteiger partial charge >= 0.3 is 0 Å². The van der Waals surface area contributed by atoms with Gasteiger partial charge in [-0.25, -0.2) is 9.98 Å². The molecule has 1 heterocycles. The number of aromatic nitrogens is 1. The Morgan fingerprint density at radius 3 is 2.94 bits per heavy atom. The van der Waals surface area contributed by atoms with Gasteiger partial charge in [0.2, 0.25) is 0 Å². The Morgan fingerprint density at radius 1 is 1.67 bits per heavy atom. The van der Waals surface area contributed by atoms with Crippen LogP contribution in [0.3, 0.4) is 0 Å². The molecule has 0 spiro atoms. The molecule has 1 aromatic rings. The third-order valence-corrected chi connectivity index (χ3v) is 3.17. The molecule has 0 aliphatic rings. The highest BCUT2D eigenvalue weighted by Crippen LogP contribution is 2.10. The van der Waals surface area contributed by atoms with E-state index in [1.807, 2.05) is 12.3 Å². The van der Waals surface area contributed by atoms with Crippen molar-refractivity contribution < 1.29 is 4.74 Å². The van der Waals surface area contributed by atoms with Crippen LogP contribution < -0.4 is 11.1 Å². The van der Waals surface area contributed by atoms with Crippen molar-refractivity contribution in [2.75, 3.05) is 13.7 Å². The lowest BCUT2D eigenvalue weighted by atomic mass is 10.4. The van der Waals surface area contributed by atoms with E-state index in [0.717, 1.165) is 17.1 Å². The molecular weight excluding hydrogens is 363 g/mol. The fourth-order valence-electron chi connectivity index (χ4n) is 1.34. The summed E-state index contributed by atoms with van der Waals surface area (Å²) in [6.07, 6.45) is 0.965. The zero-order valence-corrected chi connectivity index (χ0v) is 14.1. The molecule has 1 atom stereocenters. The van der Waals surface area contributed by atoms with E-state index in [-0.39, 0.29) is 30.0 Å². The first-order chi connectivity index (χ1) is 8.15. The van der Waals surface area contributed by atoms with Gasteiger partial charge < -0.3 is 15.8 Å². The number of aryl methyl sites for hydroxylation is 1. The van der Waals surface area contributed by atoms with Crippen molar-refractivity contribution in [3.63, 3.8) is 0 Å². The second kappa shape index (κ2) is 9.51. The summed E-state index contributed by atoms with van der Waals surface area (Å²) in [6.45, 7) is 5.21. The Labute approximate surface area is 129 Å². The third kappa shape index (κ3) is 6.50. The number of thiazole rings is 1. The molecule has 0 radical (unpaired) electrons. The Morgan fingerprint density at radius 2 is 2.39 bits per heavy atom. The number of nitrogens with one attached hydrogen (secondary N) is 1. The molecule has 0 aliphatic carbocycles. The lowest BCUT2D eigenvalue weighted by Gasteiger charge is -2.12.